The molecule has 25 heavy (non-hydrogen) atoms. The summed E-state index contributed by atoms with van der Waals surface area (Å²) in [7, 11) is 0. The number of carbonyl (C=O) groups is 3. The Hall–Kier alpha value is -2.87. The first-order valence-electron chi connectivity index (χ1n) is 7.70. The summed E-state index contributed by atoms with van der Waals surface area (Å²) >= 11 is 6.09. The van der Waals surface area contributed by atoms with Crippen molar-refractivity contribution < 1.29 is 14.4 Å². The zero-order valence-corrected chi connectivity index (χ0v) is 13.9. The third kappa shape index (κ3) is 4.57. The van der Waals surface area contributed by atoms with Gasteiger partial charge >= 0.3 is 11.8 Å². The van der Waals surface area contributed by atoms with Crippen molar-refractivity contribution >= 4 is 29.3 Å². The Morgan fingerprint density at radius 2 is 1.92 bits per heavy atom. The molecule has 1 fully saturated rings. The summed E-state index contributed by atoms with van der Waals surface area (Å²) in [5.41, 5.74) is 5.37. The second-order valence-electron chi connectivity index (χ2n) is 5.67. The van der Waals surface area contributed by atoms with E-state index < -0.39 is 17.7 Å². The largest absolute Gasteiger partial charge is 0.345 e. The summed E-state index contributed by atoms with van der Waals surface area (Å²) in [6.45, 7) is 0.406. The van der Waals surface area contributed by atoms with Gasteiger partial charge < -0.3 is 5.32 Å². The molecule has 3 amide bonds. The van der Waals surface area contributed by atoms with Gasteiger partial charge in [0.25, 0.3) is 5.91 Å². The van der Waals surface area contributed by atoms with Crippen molar-refractivity contribution in [2.45, 2.75) is 25.4 Å². The van der Waals surface area contributed by atoms with Crippen LogP contribution in [0.3, 0.4) is 0 Å². The molecular formula is C16H16ClN5O3. The van der Waals surface area contributed by atoms with Gasteiger partial charge in [-0.3, -0.25) is 29.9 Å². The van der Waals surface area contributed by atoms with E-state index in [9.17, 15) is 14.4 Å². The van der Waals surface area contributed by atoms with Gasteiger partial charge in [-0.15, -0.1) is 0 Å². The minimum Gasteiger partial charge on any atom is -0.345 e. The van der Waals surface area contributed by atoms with E-state index in [4.69, 9.17) is 11.6 Å². The molecule has 8 nitrogen and oxygen atoms in total. The van der Waals surface area contributed by atoms with Crippen molar-refractivity contribution in [2.75, 3.05) is 0 Å². The highest BCUT2D eigenvalue weighted by Gasteiger charge is 2.26. The average molecular weight is 362 g/mol. The summed E-state index contributed by atoms with van der Waals surface area (Å²) in [4.78, 5) is 35.0. The Kier molecular flexibility index (Phi) is 4.99. The number of aromatic nitrogens is 2. The summed E-state index contributed by atoms with van der Waals surface area (Å²) < 4.78 is 1.55. The molecule has 130 valence electrons. The Bertz CT molecular complexity index is 816. The molecule has 9 heteroatoms. The van der Waals surface area contributed by atoms with Gasteiger partial charge in [-0.2, -0.15) is 5.10 Å². The molecule has 2 aromatic rings. The lowest BCUT2D eigenvalue weighted by Gasteiger charge is -2.06. The normalized spacial score (nSPS) is 13.2. The molecule has 1 aromatic heterocycles. The van der Waals surface area contributed by atoms with Gasteiger partial charge in [-0.1, -0.05) is 29.8 Å². The van der Waals surface area contributed by atoms with Crippen LogP contribution >= 0.6 is 11.6 Å². The van der Waals surface area contributed by atoms with Crippen molar-refractivity contribution in [1.29, 1.82) is 0 Å². The van der Waals surface area contributed by atoms with Crippen LogP contribution in [0.15, 0.2) is 36.7 Å². The van der Waals surface area contributed by atoms with E-state index >= 15 is 0 Å². The van der Waals surface area contributed by atoms with Gasteiger partial charge in [-0.05, 0) is 24.5 Å². The van der Waals surface area contributed by atoms with E-state index in [-0.39, 0.29) is 11.6 Å². The molecule has 1 aliphatic rings. The lowest BCUT2D eigenvalue weighted by molar-refractivity contribution is -0.139. The van der Waals surface area contributed by atoms with Gasteiger partial charge in [0.15, 0.2) is 0 Å². The molecule has 0 aliphatic heterocycles. The summed E-state index contributed by atoms with van der Waals surface area (Å²) in [6, 6.07) is 7.40. The predicted molar refractivity (Wildman–Crippen MR) is 89.6 cm³/mol. The smallest absolute Gasteiger partial charge is 0.327 e. The quantitative estimate of drug-likeness (QED) is 0.548. The highest BCUT2D eigenvalue weighted by atomic mass is 35.5. The molecule has 0 unspecified atom stereocenters. The third-order valence-electron chi connectivity index (χ3n) is 3.59. The van der Waals surface area contributed by atoms with Crippen molar-refractivity contribution in [2.24, 2.45) is 0 Å². The number of nitrogens with one attached hydrogen (secondary N) is 3. The van der Waals surface area contributed by atoms with Crippen LogP contribution < -0.4 is 16.2 Å². The molecule has 3 rings (SSSR count). The van der Waals surface area contributed by atoms with Crippen LogP contribution in [0, 0.1) is 0 Å². The number of hydrogen-bond acceptors (Lipinski definition) is 4. The van der Waals surface area contributed by atoms with Crippen molar-refractivity contribution in [3.05, 3.63) is 52.8 Å². The standard InChI is InChI=1S/C16H16ClN5O3/c17-13-4-2-1-3-10(13)8-22-9-11(7-18-22)14(23)20-21-16(25)15(24)19-12-5-6-12/h1-4,7,9,12H,5-6,8H2,(H,19,24)(H,20,23)(H,21,25). The Labute approximate surface area is 148 Å². The molecule has 1 aromatic carbocycles. The van der Waals surface area contributed by atoms with Crippen LogP contribution in [-0.4, -0.2) is 33.5 Å². The van der Waals surface area contributed by atoms with Crippen LogP contribution in [-0.2, 0) is 16.1 Å². The van der Waals surface area contributed by atoms with Crippen molar-refractivity contribution in [1.82, 2.24) is 25.9 Å². The molecule has 0 bridgehead atoms. The van der Waals surface area contributed by atoms with Crippen LogP contribution in [0.4, 0.5) is 0 Å². The number of rotatable bonds is 4. The molecule has 3 N–H and O–H groups in total. The van der Waals surface area contributed by atoms with E-state index in [0.29, 0.717) is 11.6 Å². The molecule has 1 saturated carbocycles. The van der Waals surface area contributed by atoms with E-state index in [1.807, 2.05) is 18.2 Å². The van der Waals surface area contributed by atoms with E-state index in [1.54, 1.807) is 10.7 Å². The van der Waals surface area contributed by atoms with Crippen LogP contribution in [0.2, 0.25) is 5.02 Å². The maximum Gasteiger partial charge on any atom is 0.327 e. The SMILES string of the molecule is O=C(NNC(=O)c1cnn(Cc2ccccc2Cl)c1)C(=O)NC1CC1. The topological polar surface area (TPSA) is 105 Å². The van der Waals surface area contributed by atoms with Crippen LogP contribution in [0.1, 0.15) is 28.8 Å². The third-order valence-corrected chi connectivity index (χ3v) is 3.96. The van der Waals surface area contributed by atoms with E-state index in [1.165, 1.54) is 12.4 Å². The maximum atomic E-state index is 12.0. The molecule has 0 atom stereocenters. The van der Waals surface area contributed by atoms with Gasteiger partial charge in [-0.25, -0.2) is 0 Å². The Morgan fingerprint density at radius 3 is 2.64 bits per heavy atom. The van der Waals surface area contributed by atoms with Gasteiger partial charge in [0, 0.05) is 17.3 Å². The van der Waals surface area contributed by atoms with E-state index in [2.05, 4.69) is 21.3 Å². The lowest BCUT2D eigenvalue weighted by atomic mass is 10.2. The van der Waals surface area contributed by atoms with Crippen molar-refractivity contribution in [3.63, 3.8) is 0 Å². The number of benzene rings is 1. The Morgan fingerprint density at radius 1 is 1.16 bits per heavy atom. The average Bonchev–Trinajstić information content (AvgIpc) is 3.29. The van der Waals surface area contributed by atoms with Gasteiger partial charge in [0.1, 0.15) is 0 Å². The number of hydrogen-bond donors (Lipinski definition) is 3. The molecular weight excluding hydrogens is 346 g/mol. The minimum atomic E-state index is -0.913. The fraction of sp³-hybridized carbons (Fsp3) is 0.250. The zero-order valence-electron chi connectivity index (χ0n) is 13.2. The second-order valence-corrected chi connectivity index (χ2v) is 6.08. The Balaban J connectivity index is 1.52. The first-order chi connectivity index (χ1) is 12.0. The summed E-state index contributed by atoms with van der Waals surface area (Å²) in [6.07, 6.45) is 4.63. The molecule has 0 saturated heterocycles. The molecule has 0 spiro atoms. The summed E-state index contributed by atoms with van der Waals surface area (Å²) in [5.74, 6) is -2.25. The number of halogens is 1. The summed E-state index contributed by atoms with van der Waals surface area (Å²) in [5, 5.41) is 7.22. The first-order valence-corrected chi connectivity index (χ1v) is 8.08. The number of hydrazine groups is 1. The lowest BCUT2D eigenvalue weighted by Crippen LogP contribution is -2.48. The maximum absolute atomic E-state index is 12.0. The first kappa shape index (κ1) is 17.0. The second kappa shape index (κ2) is 7.35. The predicted octanol–water partition coefficient (Wildman–Crippen LogP) is 0.624. The molecule has 1 heterocycles. The van der Waals surface area contributed by atoms with Crippen LogP contribution in [0.5, 0.6) is 0 Å². The monoisotopic (exact) mass is 361 g/mol. The number of carbonyl (C=O) groups excluding carboxylic acids is 3. The fourth-order valence-corrected chi connectivity index (χ4v) is 2.29. The highest BCUT2D eigenvalue weighted by Crippen LogP contribution is 2.18. The fourth-order valence-electron chi connectivity index (χ4n) is 2.09. The molecule has 0 radical (unpaired) electrons. The zero-order chi connectivity index (χ0) is 17.8. The van der Waals surface area contributed by atoms with Crippen LogP contribution in [0.25, 0.3) is 0 Å². The number of amides is 3. The highest BCUT2D eigenvalue weighted by molar-refractivity contribution is 6.35. The van der Waals surface area contributed by atoms with Gasteiger partial charge in [0.05, 0.1) is 18.3 Å². The minimum absolute atomic E-state index is 0.0667. The van der Waals surface area contributed by atoms with Crippen molar-refractivity contribution in [3.8, 4) is 0 Å². The number of nitrogens with zero attached hydrogens (tertiary/aromatic N) is 2. The molecule has 1 aliphatic carbocycles. The van der Waals surface area contributed by atoms with Gasteiger partial charge in [0.2, 0.25) is 0 Å². The van der Waals surface area contributed by atoms with E-state index in [0.717, 1.165) is 18.4 Å².